The molecule has 4 nitrogen and oxygen atoms in total. The molecule has 0 bridgehead atoms. The van der Waals surface area contributed by atoms with Crippen LogP contribution in [0.25, 0.3) is 0 Å². The van der Waals surface area contributed by atoms with E-state index in [-0.39, 0.29) is 21.8 Å². The van der Waals surface area contributed by atoms with E-state index in [0.29, 0.717) is 0 Å². The van der Waals surface area contributed by atoms with Crippen LogP contribution in [0.4, 0.5) is 23.7 Å². The lowest BCUT2D eigenvalue weighted by molar-refractivity contribution is -0.274. The van der Waals surface area contributed by atoms with E-state index in [1.54, 1.807) is 24.3 Å². The van der Waals surface area contributed by atoms with Crippen LogP contribution in [0.15, 0.2) is 46.9 Å². The number of rotatable bonds is 4. The van der Waals surface area contributed by atoms with Crippen LogP contribution in [0.2, 0.25) is 5.02 Å². The quantitative estimate of drug-likeness (QED) is 0.680. The summed E-state index contributed by atoms with van der Waals surface area (Å²) in [5.74, 6) is -0.512. The molecule has 1 N–H and O–H groups in total. The topological polar surface area (TPSA) is 47.6 Å². The summed E-state index contributed by atoms with van der Waals surface area (Å²) in [6.07, 6.45) is -5.64. The van der Waals surface area contributed by atoms with Crippen LogP contribution in [0.3, 0.4) is 0 Å². The molecule has 2 aromatic rings. The molecule has 0 aliphatic carbocycles. The van der Waals surface area contributed by atoms with E-state index in [2.05, 4.69) is 26.0 Å². The zero-order valence-electron chi connectivity index (χ0n) is 11.9. The zero-order valence-corrected chi connectivity index (χ0v) is 14.2. The molecule has 2 rings (SSSR count). The Balaban J connectivity index is 2.02. The maximum absolute atomic E-state index is 12.2. The third-order valence-corrected chi connectivity index (χ3v) is 3.61. The first-order valence-electron chi connectivity index (χ1n) is 6.47. The highest BCUT2D eigenvalue weighted by molar-refractivity contribution is 9.10. The van der Waals surface area contributed by atoms with Gasteiger partial charge in [0.15, 0.2) is 0 Å². The molecule has 0 fully saturated rings. The van der Waals surface area contributed by atoms with Gasteiger partial charge in [0.25, 0.3) is 0 Å². The number of ether oxygens (including phenoxy) is 2. The number of anilines is 1. The van der Waals surface area contributed by atoms with Crippen LogP contribution in [0, 0.1) is 0 Å². The molecule has 9 heteroatoms. The standard InChI is InChI=1S/C15H10BrClF3NO3/c16-11-6-10(24-15(18,19)20)7-12(17)13(11)21-14(22)23-8-9-4-2-1-3-5-9/h1-7H,8H2,(H,21,22). The first-order valence-corrected chi connectivity index (χ1v) is 7.64. The number of hydrogen-bond donors (Lipinski definition) is 1. The summed E-state index contributed by atoms with van der Waals surface area (Å²) >= 11 is 8.91. The number of carbonyl (C=O) groups excluding carboxylic acids is 1. The fourth-order valence-electron chi connectivity index (χ4n) is 1.72. The number of hydrogen-bond acceptors (Lipinski definition) is 3. The fourth-order valence-corrected chi connectivity index (χ4v) is 2.63. The molecule has 0 unspecified atom stereocenters. The van der Waals surface area contributed by atoms with E-state index in [4.69, 9.17) is 16.3 Å². The van der Waals surface area contributed by atoms with Gasteiger partial charge < -0.3 is 9.47 Å². The molecule has 2 aromatic carbocycles. The van der Waals surface area contributed by atoms with Crippen LogP contribution in [0.5, 0.6) is 5.75 Å². The van der Waals surface area contributed by atoms with Crippen molar-refractivity contribution in [1.82, 2.24) is 0 Å². The summed E-state index contributed by atoms with van der Waals surface area (Å²) in [4.78, 5) is 11.8. The molecular weight excluding hydrogens is 415 g/mol. The normalized spacial score (nSPS) is 11.0. The number of nitrogens with one attached hydrogen (secondary N) is 1. The number of halogens is 5. The maximum Gasteiger partial charge on any atom is 0.573 e. The van der Waals surface area contributed by atoms with Crippen molar-refractivity contribution in [3.05, 3.63) is 57.5 Å². The van der Waals surface area contributed by atoms with Crippen LogP contribution in [-0.4, -0.2) is 12.5 Å². The molecule has 0 aliphatic rings. The van der Waals surface area contributed by atoms with Gasteiger partial charge in [-0.1, -0.05) is 41.9 Å². The Hall–Kier alpha value is -1.93. The minimum Gasteiger partial charge on any atom is -0.444 e. The smallest absolute Gasteiger partial charge is 0.444 e. The number of carbonyl (C=O) groups is 1. The molecular formula is C15H10BrClF3NO3. The summed E-state index contributed by atoms with van der Waals surface area (Å²) in [5.41, 5.74) is 0.857. The number of amides is 1. The molecule has 0 spiro atoms. The molecule has 24 heavy (non-hydrogen) atoms. The Labute approximate surface area is 148 Å². The Morgan fingerprint density at radius 2 is 1.88 bits per heavy atom. The van der Waals surface area contributed by atoms with Crippen molar-refractivity contribution in [3.8, 4) is 5.75 Å². The van der Waals surface area contributed by atoms with Crippen molar-refractivity contribution in [2.45, 2.75) is 13.0 Å². The summed E-state index contributed by atoms with van der Waals surface area (Å²) in [6, 6.07) is 10.9. The van der Waals surface area contributed by atoms with Crippen molar-refractivity contribution >= 4 is 39.3 Å². The second-order valence-electron chi connectivity index (χ2n) is 4.50. The van der Waals surface area contributed by atoms with Gasteiger partial charge in [-0.25, -0.2) is 4.79 Å². The average Bonchev–Trinajstić information content (AvgIpc) is 2.48. The Bertz CT molecular complexity index is 703. The van der Waals surface area contributed by atoms with Crippen molar-refractivity contribution in [1.29, 1.82) is 0 Å². The second-order valence-corrected chi connectivity index (χ2v) is 5.76. The van der Waals surface area contributed by atoms with Crippen molar-refractivity contribution < 1.29 is 27.4 Å². The Morgan fingerprint density at radius 3 is 2.46 bits per heavy atom. The van der Waals surface area contributed by atoms with Crippen LogP contribution >= 0.6 is 27.5 Å². The highest BCUT2D eigenvalue weighted by Gasteiger charge is 2.31. The molecule has 1 amide bonds. The molecule has 0 heterocycles. The fraction of sp³-hybridized carbons (Fsp3) is 0.133. The number of alkyl halides is 3. The van der Waals surface area contributed by atoms with Crippen molar-refractivity contribution in [2.24, 2.45) is 0 Å². The minimum absolute atomic E-state index is 0.0389. The highest BCUT2D eigenvalue weighted by atomic mass is 79.9. The molecule has 0 aliphatic heterocycles. The van der Waals surface area contributed by atoms with Gasteiger partial charge in [-0.2, -0.15) is 0 Å². The van der Waals surface area contributed by atoms with E-state index in [0.717, 1.165) is 17.7 Å². The monoisotopic (exact) mass is 423 g/mol. The van der Waals surface area contributed by atoms with Crippen LogP contribution in [-0.2, 0) is 11.3 Å². The number of benzene rings is 2. The Kier molecular flexibility index (Phi) is 5.95. The van der Waals surface area contributed by atoms with Gasteiger partial charge in [-0.15, -0.1) is 13.2 Å². The van der Waals surface area contributed by atoms with Gasteiger partial charge >= 0.3 is 12.5 Å². The van der Waals surface area contributed by atoms with E-state index < -0.39 is 18.2 Å². The lowest BCUT2D eigenvalue weighted by atomic mass is 10.2. The third-order valence-electron chi connectivity index (χ3n) is 2.69. The van der Waals surface area contributed by atoms with E-state index in [1.807, 2.05) is 6.07 Å². The second kappa shape index (κ2) is 7.76. The molecule has 0 saturated heterocycles. The first-order chi connectivity index (χ1) is 11.2. The largest absolute Gasteiger partial charge is 0.573 e. The molecule has 0 atom stereocenters. The highest BCUT2D eigenvalue weighted by Crippen LogP contribution is 2.37. The van der Waals surface area contributed by atoms with E-state index in [9.17, 15) is 18.0 Å². The summed E-state index contributed by atoms with van der Waals surface area (Å²) < 4.78 is 45.5. The SMILES string of the molecule is O=C(Nc1c(Cl)cc(OC(F)(F)F)cc1Br)OCc1ccccc1. The summed E-state index contributed by atoms with van der Waals surface area (Å²) in [5, 5.41) is 2.22. The van der Waals surface area contributed by atoms with Gasteiger partial charge in [0, 0.05) is 10.5 Å². The van der Waals surface area contributed by atoms with E-state index in [1.165, 1.54) is 0 Å². The van der Waals surface area contributed by atoms with Crippen LogP contribution < -0.4 is 10.1 Å². The molecule has 0 aromatic heterocycles. The van der Waals surface area contributed by atoms with Crippen molar-refractivity contribution in [3.63, 3.8) is 0 Å². The average molecular weight is 425 g/mol. The summed E-state index contributed by atoms with van der Waals surface area (Å²) in [7, 11) is 0. The van der Waals surface area contributed by atoms with Gasteiger partial charge in [-0.3, -0.25) is 5.32 Å². The molecule has 0 radical (unpaired) electrons. The van der Waals surface area contributed by atoms with Crippen LogP contribution in [0.1, 0.15) is 5.56 Å². The summed E-state index contributed by atoms with van der Waals surface area (Å²) in [6.45, 7) is 0.0389. The zero-order chi connectivity index (χ0) is 17.7. The lowest BCUT2D eigenvalue weighted by Crippen LogP contribution is -2.17. The Morgan fingerprint density at radius 1 is 1.21 bits per heavy atom. The first kappa shape index (κ1) is 18.4. The van der Waals surface area contributed by atoms with Gasteiger partial charge in [0.2, 0.25) is 0 Å². The predicted molar refractivity (Wildman–Crippen MR) is 86.1 cm³/mol. The van der Waals surface area contributed by atoms with Gasteiger partial charge in [0.1, 0.15) is 12.4 Å². The van der Waals surface area contributed by atoms with Gasteiger partial charge in [-0.05, 0) is 27.6 Å². The third kappa shape index (κ3) is 5.61. The van der Waals surface area contributed by atoms with Gasteiger partial charge in [0.05, 0.1) is 10.7 Å². The minimum atomic E-state index is -4.84. The molecule has 128 valence electrons. The molecule has 0 saturated carbocycles. The van der Waals surface area contributed by atoms with Crippen molar-refractivity contribution in [2.75, 3.05) is 5.32 Å². The predicted octanol–water partition coefficient (Wildman–Crippen LogP) is 5.75. The van der Waals surface area contributed by atoms with E-state index >= 15 is 0 Å². The lowest BCUT2D eigenvalue weighted by Gasteiger charge is -2.13. The maximum atomic E-state index is 12.2.